The summed E-state index contributed by atoms with van der Waals surface area (Å²) in [5.74, 6) is -2.03. The van der Waals surface area contributed by atoms with Gasteiger partial charge in [-0.15, -0.1) is 0 Å². The Morgan fingerprint density at radius 2 is 1.94 bits per heavy atom. The van der Waals surface area contributed by atoms with Gasteiger partial charge in [-0.05, 0) is 19.1 Å². The van der Waals surface area contributed by atoms with Crippen molar-refractivity contribution in [1.29, 1.82) is 0 Å². The summed E-state index contributed by atoms with van der Waals surface area (Å²) in [5, 5.41) is 0. The molecule has 17 heavy (non-hydrogen) atoms. The number of ketones is 2. The lowest BCUT2D eigenvalue weighted by atomic mass is 10.1. The lowest BCUT2D eigenvalue weighted by Gasteiger charge is -2.03. The van der Waals surface area contributed by atoms with Crippen LogP contribution in [0.2, 0.25) is 0 Å². The van der Waals surface area contributed by atoms with E-state index in [2.05, 4.69) is 9.97 Å². The molecule has 1 aromatic heterocycles. The molecule has 1 heterocycles. The number of benzene rings is 1. The maximum Gasteiger partial charge on any atom is 0.234 e. The highest BCUT2D eigenvalue weighted by atomic mass is 19.1. The van der Waals surface area contributed by atoms with Crippen LogP contribution in [0.5, 0.6) is 0 Å². The number of rotatable bonds is 2. The van der Waals surface area contributed by atoms with Crippen LogP contribution in [0, 0.1) is 12.9 Å². The van der Waals surface area contributed by atoms with Gasteiger partial charge < -0.3 is 0 Å². The number of hydrogen-bond acceptors (Lipinski definition) is 4. The van der Waals surface area contributed by atoms with E-state index in [-0.39, 0.29) is 16.8 Å². The number of fused-ring (bicyclic) bond motifs is 1. The molecule has 0 saturated carbocycles. The number of aryl methyl sites for hydroxylation is 1. The Morgan fingerprint density at radius 1 is 1.24 bits per heavy atom. The van der Waals surface area contributed by atoms with Crippen molar-refractivity contribution < 1.29 is 14.0 Å². The van der Waals surface area contributed by atoms with Crippen molar-refractivity contribution in [3.8, 4) is 0 Å². The van der Waals surface area contributed by atoms with Crippen LogP contribution in [0.25, 0.3) is 11.0 Å². The van der Waals surface area contributed by atoms with Crippen LogP contribution >= 0.6 is 0 Å². The normalized spacial score (nSPS) is 10.5. The van der Waals surface area contributed by atoms with E-state index in [0.717, 1.165) is 0 Å². The predicted octanol–water partition coefficient (Wildman–Crippen LogP) is 1.85. The Hall–Kier alpha value is -2.17. The highest BCUT2D eigenvalue weighted by Gasteiger charge is 2.17. The number of carbonyl (C=O) groups is 2. The quantitative estimate of drug-likeness (QED) is 0.585. The monoisotopic (exact) mass is 232 g/mol. The molecule has 0 spiro atoms. The van der Waals surface area contributed by atoms with Crippen molar-refractivity contribution in [2.24, 2.45) is 0 Å². The molecule has 0 unspecified atom stereocenters. The molecule has 0 aliphatic carbocycles. The van der Waals surface area contributed by atoms with Crippen molar-refractivity contribution >= 4 is 22.6 Å². The van der Waals surface area contributed by atoms with E-state index in [4.69, 9.17) is 0 Å². The van der Waals surface area contributed by atoms with Crippen LogP contribution in [-0.4, -0.2) is 21.5 Å². The first-order valence-electron chi connectivity index (χ1n) is 4.99. The Kier molecular flexibility index (Phi) is 2.67. The van der Waals surface area contributed by atoms with Gasteiger partial charge in [-0.2, -0.15) is 4.39 Å². The molecule has 0 amide bonds. The van der Waals surface area contributed by atoms with E-state index in [9.17, 15) is 14.0 Å². The highest BCUT2D eigenvalue weighted by Crippen LogP contribution is 2.17. The number of hydrogen-bond donors (Lipinski definition) is 0. The van der Waals surface area contributed by atoms with Crippen LogP contribution in [0.15, 0.2) is 18.2 Å². The Balaban J connectivity index is 2.77. The van der Waals surface area contributed by atoms with Gasteiger partial charge in [0.2, 0.25) is 11.7 Å². The van der Waals surface area contributed by atoms with E-state index in [1.54, 1.807) is 12.1 Å². The zero-order chi connectivity index (χ0) is 12.6. The van der Waals surface area contributed by atoms with Crippen molar-refractivity contribution in [2.75, 3.05) is 0 Å². The molecule has 2 rings (SSSR count). The van der Waals surface area contributed by atoms with Crippen molar-refractivity contribution in [2.45, 2.75) is 13.8 Å². The van der Waals surface area contributed by atoms with Crippen molar-refractivity contribution in [1.82, 2.24) is 9.97 Å². The molecule has 2 aromatic rings. The number of nitrogens with zero attached hydrogens (tertiary/aromatic N) is 2. The molecular weight excluding hydrogens is 223 g/mol. The molecule has 0 bridgehead atoms. The first kappa shape index (κ1) is 11.3. The first-order chi connectivity index (χ1) is 8.00. The fourth-order valence-electron chi connectivity index (χ4n) is 1.52. The summed E-state index contributed by atoms with van der Waals surface area (Å²) in [5.41, 5.74) is 0.762. The lowest BCUT2D eigenvalue weighted by Crippen LogP contribution is -2.11. The third-order valence-corrected chi connectivity index (χ3v) is 2.38. The minimum Gasteiger partial charge on any atom is -0.291 e. The number of Topliss-reactive ketones (excluding diaryl/α,β-unsaturated/α-hetero) is 2. The van der Waals surface area contributed by atoms with Gasteiger partial charge in [0.15, 0.2) is 5.78 Å². The molecule has 0 atom stereocenters. The summed E-state index contributed by atoms with van der Waals surface area (Å²) in [6, 6.07) is 4.64. The third kappa shape index (κ3) is 1.91. The van der Waals surface area contributed by atoms with Crippen LogP contribution < -0.4 is 0 Å². The molecular formula is C12H9FN2O2. The van der Waals surface area contributed by atoms with Gasteiger partial charge in [0.1, 0.15) is 5.52 Å². The van der Waals surface area contributed by atoms with Gasteiger partial charge >= 0.3 is 0 Å². The van der Waals surface area contributed by atoms with E-state index < -0.39 is 17.5 Å². The SMILES string of the molecule is CC(=O)C(=O)c1cccc2nc(C)c(F)nc12. The number of carbonyl (C=O) groups excluding carboxylic acids is 2. The maximum absolute atomic E-state index is 13.3. The van der Waals surface area contributed by atoms with Crippen LogP contribution in [0.3, 0.4) is 0 Å². The van der Waals surface area contributed by atoms with Crippen LogP contribution in [0.4, 0.5) is 4.39 Å². The molecule has 0 saturated heterocycles. The van der Waals surface area contributed by atoms with E-state index in [1.807, 2.05) is 0 Å². The lowest BCUT2D eigenvalue weighted by molar-refractivity contribution is -0.113. The number of halogens is 1. The van der Waals surface area contributed by atoms with E-state index in [1.165, 1.54) is 19.9 Å². The van der Waals surface area contributed by atoms with Crippen molar-refractivity contribution in [3.63, 3.8) is 0 Å². The highest BCUT2D eigenvalue weighted by molar-refractivity contribution is 6.44. The smallest absolute Gasteiger partial charge is 0.234 e. The summed E-state index contributed by atoms with van der Waals surface area (Å²) in [6.45, 7) is 2.65. The summed E-state index contributed by atoms with van der Waals surface area (Å²) >= 11 is 0. The molecule has 1 aromatic carbocycles. The first-order valence-corrected chi connectivity index (χ1v) is 4.99. The van der Waals surface area contributed by atoms with Gasteiger partial charge in [-0.1, -0.05) is 6.07 Å². The molecule has 86 valence electrons. The minimum absolute atomic E-state index is 0.0846. The molecule has 5 heteroatoms. The second kappa shape index (κ2) is 4.01. The average Bonchev–Trinajstić information content (AvgIpc) is 2.29. The van der Waals surface area contributed by atoms with Gasteiger partial charge in [0.25, 0.3) is 0 Å². The predicted molar refractivity (Wildman–Crippen MR) is 59.2 cm³/mol. The number of para-hydroxylation sites is 1. The molecule has 4 nitrogen and oxygen atoms in total. The summed E-state index contributed by atoms with van der Waals surface area (Å²) in [4.78, 5) is 30.3. The maximum atomic E-state index is 13.3. The van der Waals surface area contributed by atoms with Crippen LogP contribution in [-0.2, 0) is 4.79 Å². The topological polar surface area (TPSA) is 59.9 Å². The molecule has 0 fully saturated rings. The molecule has 0 aliphatic heterocycles. The summed E-state index contributed by atoms with van der Waals surface area (Å²) in [6.07, 6.45) is 0. The average molecular weight is 232 g/mol. The van der Waals surface area contributed by atoms with Crippen LogP contribution in [0.1, 0.15) is 23.0 Å². The standard InChI is InChI=1S/C12H9FN2O2/c1-6-12(13)15-10-8(11(17)7(2)16)4-3-5-9(10)14-6/h3-5H,1-2H3. The van der Waals surface area contributed by atoms with Gasteiger partial charge in [0.05, 0.1) is 16.8 Å². The molecule has 0 aliphatic rings. The zero-order valence-corrected chi connectivity index (χ0v) is 9.32. The zero-order valence-electron chi connectivity index (χ0n) is 9.32. The van der Waals surface area contributed by atoms with Gasteiger partial charge in [-0.25, -0.2) is 9.97 Å². The molecule has 0 N–H and O–H groups in total. The Morgan fingerprint density at radius 3 is 2.59 bits per heavy atom. The van der Waals surface area contributed by atoms with Gasteiger partial charge in [0, 0.05) is 6.92 Å². The van der Waals surface area contributed by atoms with E-state index >= 15 is 0 Å². The minimum atomic E-state index is -0.735. The largest absolute Gasteiger partial charge is 0.291 e. The second-order valence-corrected chi connectivity index (χ2v) is 3.66. The Labute approximate surface area is 96.5 Å². The fourth-order valence-corrected chi connectivity index (χ4v) is 1.52. The molecule has 0 radical (unpaired) electrons. The summed E-state index contributed by atoms with van der Waals surface area (Å²) in [7, 11) is 0. The summed E-state index contributed by atoms with van der Waals surface area (Å²) < 4.78 is 13.3. The van der Waals surface area contributed by atoms with Gasteiger partial charge in [-0.3, -0.25) is 9.59 Å². The Bertz CT molecular complexity index is 638. The second-order valence-electron chi connectivity index (χ2n) is 3.66. The van der Waals surface area contributed by atoms with E-state index in [0.29, 0.717) is 5.52 Å². The number of aromatic nitrogens is 2. The van der Waals surface area contributed by atoms with Crippen molar-refractivity contribution in [3.05, 3.63) is 35.4 Å². The third-order valence-electron chi connectivity index (χ3n) is 2.38. The fraction of sp³-hybridized carbons (Fsp3) is 0.167.